The van der Waals surface area contributed by atoms with Gasteiger partial charge in [-0.1, -0.05) is 103 Å². The average molecular weight is 463 g/mol. The van der Waals surface area contributed by atoms with Crippen molar-refractivity contribution in [2.75, 3.05) is 0 Å². The van der Waals surface area contributed by atoms with Crippen molar-refractivity contribution in [2.24, 2.45) is 0 Å². The molecule has 0 aromatic heterocycles. The average Bonchev–Trinajstić information content (AvgIpc) is 2.71. The molecule has 0 spiro atoms. The van der Waals surface area contributed by atoms with Crippen LogP contribution in [0.15, 0.2) is 18.2 Å². The predicted octanol–water partition coefficient (Wildman–Crippen LogP) is 4.16. The van der Waals surface area contributed by atoms with Gasteiger partial charge in [0.1, 0.15) is 15.9 Å². The van der Waals surface area contributed by atoms with E-state index in [0.717, 1.165) is 49.7 Å². The van der Waals surface area contributed by atoms with Crippen LogP contribution in [0.3, 0.4) is 0 Å². The van der Waals surface area contributed by atoms with Crippen LogP contribution in [-0.4, -0.2) is 18.4 Å². The van der Waals surface area contributed by atoms with Crippen LogP contribution in [0.1, 0.15) is 115 Å². The Balaban J connectivity index is 0.00000900. The normalized spacial score (nSPS) is 12.4. The molecule has 0 amide bonds. The Labute approximate surface area is 214 Å². The Hall–Kier alpha value is -0.0700. The zero-order valence-electron chi connectivity index (χ0n) is 20.5. The first-order valence-electron chi connectivity index (χ1n) is 12.2. The topological polar surface area (TPSA) is 66.4 Å². The zero-order valence-corrected chi connectivity index (χ0v) is 23.3. The van der Waals surface area contributed by atoms with Crippen LogP contribution in [0.2, 0.25) is 0 Å². The molecule has 31 heavy (non-hydrogen) atoms. The first-order valence-corrected chi connectivity index (χ1v) is 13.6. The van der Waals surface area contributed by atoms with E-state index < -0.39 is 15.6 Å². The van der Waals surface area contributed by atoms with Gasteiger partial charge in [0.15, 0.2) is 5.44 Å². The summed E-state index contributed by atoms with van der Waals surface area (Å²) >= 11 is 0. The van der Waals surface area contributed by atoms with Gasteiger partial charge in [-0.25, -0.2) is 8.42 Å². The summed E-state index contributed by atoms with van der Waals surface area (Å²) in [7, 11) is -4.49. The van der Waals surface area contributed by atoms with E-state index in [1.165, 1.54) is 51.4 Å². The van der Waals surface area contributed by atoms with E-state index in [4.69, 9.17) is 4.74 Å². The van der Waals surface area contributed by atoms with E-state index in [0.29, 0.717) is 5.75 Å². The Morgan fingerprint density at radius 1 is 0.774 bits per heavy atom. The third kappa shape index (κ3) is 13.3. The Bertz CT molecular complexity index is 642. The van der Waals surface area contributed by atoms with Gasteiger partial charge >= 0.3 is 29.6 Å². The maximum Gasteiger partial charge on any atom is 1.00 e. The van der Waals surface area contributed by atoms with Gasteiger partial charge < -0.3 is 9.29 Å². The van der Waals surface area contributed by atoms with Gasteiger partial charge in [0.25, 0.3) is 0 Å². The molecule has 1 rings (SSSR count). The van der Waals surface area contributed by atoms with Gasteiger partial charge in [0, 0.05) is 0 Å². The number of rotatable bonds is 18. The quantitative estimate of drug-likeness (QED) is 0.187. The molecule has 0 aliphatic carbocycles. The van der Waals surface area contributed by atoms with Crippen LogP contribution < -0.4 is 34.3 Å². The van der Waals surface area contributed by atoms with E-state index in [2.05, 4.69) is 13.8 Å². The van der Waals surface area contributed by atoms with Gasteiger partial charge in [0.05, 0.1) is 0 Å². The third-order valence-corrected chi connectivity index (χ3v) is 6.76. The fourth-order valence-corrected chi connectivity index (χ4v) is 4.47. The first-order chi connectivity index (χ1) is 14.4. The second-order valence-corrected chi connectivity index (χ2v) is 9.90. The fraction of sp³-hybridized carbons (Fsp3) is 0.760. The van der Waals surface area contributed by atoms with Crippen molar-refractivity contribution >= 4 is 10.1 Å². The summed E-state index contributed by atoms with van der Waals surface area (Å²) in [5, 5.41) is 0. The second kappa shape index (κ2) is 18.4. The minimum atomic E-state index is -4.49. The molecular formula is C25H43NaO4S. The van der Waals surface area contributed by atoms with E-state index >= 15 is 0 Å². The minimum absolute atomic E-state index is 0. The molecule has 0 aliphatic rings. The SMILES string of the molecule is CCCCCCCCc1cccc(CCCCCCCC)c1OC(CC)S(=O)(=O)[O-].[Na+]. The van der Waals surface area contributed by atoms with Crippen LogP contribution in [0.4, 0.5) is 0 Å². The number of para-hydroxylation sites is 1. The van der Waals surface area contributed by atoms with E-state index in [1.807, 2.05) is 18.2 Å². The first kappa shape index (κ1) is 30.9. The van der Waals surface area contributed by atoms with E-state index in [9.17, 15) is 13.0 Å². The van der Waals surface area contributed by atoms with Crippen LogP contribution in [0.5, 0.6) is 5.75 Å². The van der Waals surface area contributed by atoms with Crippen molar-refractivity contribution in [3.63, 3.8) is 0 Å². The Morgan fingerprint density at radius 3 is 1.58 bits per heavy atom. The molecule has 1 aromatic carbocycles. The zero-order chi connectivity index (χ0) is 22.2. The summed E-state index contributed by atoms with van der Waals surface area (Å²) in [6, 6.07) is 6.09. The van der Waals surface area contributed by atoms with Crippen LogP contribution >= 0.6 is 0 Å². The third-order valence-electron chi connectivity index (χ3n) is 5.68. The molecular weight excluding hydrogens is 419 g/mol. The molecule has 0 radical (unpaired) electrons. The summed E-state index contributed by atoms with van der Waals surface area (Å²) in [5.74, 6) is 0.644. The van der Waals surface area contributed by atoms with Crippen LogP contribution in [0.25, 0.3) is 0 Å². The summed E-state index contributed by atoms with van der Waals surface area (Å²) in [4.78, 5) is 0. The van der Waals surface area contributed by atoms with Crippen molar-refractivity contribution < 1.29 is 47.3 Å². The maximum absolute atomic E-state index is 11.6. The minimum Gasteiger partial charge on any atom is -0.745 e. The van der Waals surface area contributed by atoms with Crippen molar-refractivity contribution in [1.29, 1.82) is 0 Å². The van der Waals surface area contributed by atoms with Crippen LogP contribution in [-0.2, 0) is 23.0 Å². The molecule has 0 bridgehead atoms. The summed E-state index contributed by atoms with van der Waals surface area (Å²) < 4.78 is 40.8. The monoisotopic (exact) mass is 462 g/mol. The van der Waals surface area contributed by atoms with Gasteiger partial charge in [-0.2, -0.15) is 0 Å². The number of benzene rings is 1. The maximum atomic E-state index is 11.6. The fourth-order valence-electron chi connectivity index (χ4n) is 3.85. The summed E-state index contributed by atoms with van der Waals surface area (Å²) in [6.45, 7) is 6.12. The molecule has 0 fully saturated rings. The number of unbranched alkanes of at least 4 members (excludes halogenated alkanes) is 10. The van der Waals surface area contributed by atoms with Gasteiger partial charge in [-0.05, 0) is 43.2 Å². The molecule has 1 atom stereocenters. The molecule has 0 N–H and O–H groups in total. The van der Waals surface area contributed by atoms with Gasteiger partial charge in [-0.3, -0.25) is 0 Å². The molecule has 0 saturated carbocycles. The Kier molecular flexibility index (Phi) is 18.3. The molecule has 174 valence electrons. The summed E-state index contributed by atoms with van der Waals surface area (Å²) in [6.07, 6.45) is 16.4. The van der Waals surface area contributed by atoms with E-state index in [-0.39, 0.29) is 36.0 Å². The molecule has 4 nitrogen and oxygen atoms in total. The van der Waals surface area contributed by atoms with Crippen molar-refractivity contribution in [3.05, 3.63) is 29.3 Å². The van der Waals surface area contributed by atoms with Gasteiger partial charge in [-0.15, -0.1) is 0 Å². The number of hydrogen-bond donors (Lipinski definition) is 0. The Morgan fingerprint density at radius 2 is 1.19 bits per heavy atom. The van der Waals surface area contributed by atoms with E-state index in [1.54, 1.807) is 6.92 Å². The second-order valence-electron chi connectivity index (χ2n) is 8.39. The van der Waals surface area contributed by atoms with Crippen molar-refractivity contribution in [3.8, 4) is 5.75 Å². The number of hydrogen-bond acceptors (Lipinski definition) is 4. The number of aryl methyl sites for hydroxylation is 2. The molecule has 0 aliphatic heterocycles. The smallest absolute Gasteiger partial charge is 0.745 e. The standard InChI is InChI=1S/C25H44O4S.Na/c1-4-7-9-11-13-15-18-22-20-17-21-23(19-16-14-12-10-8-5-2)25(22)29-24(6-3)30(26,27)28;/h17,20-21,24H,4-16,18-19H2,1-3H3,(H,26,27,28);/q;+1/p-1. The van der Waals surface area contributed by atoms with Crippen LogP contribution in [0, 0.1) is 0 Å². The molecule has 1 aromatic rings. The van der Waals surface area contributed by atoms with Gasteiger partial charge in [0.2, 0.25) is 0 Å². The molecule has 6 heteroatoms. The number of ether oxygens (including phenoxy) is 1. The predicted molar refractivity (Wildman–Crippen MR) is 125 cm³/mol. The molecule has 0 heterocycles. The molecule has 0 saturated heterocycles. The van der Waals surface area contributed by atoms with Crippen molar-refractivity contribution in [2.45, 2.75) is 123 Å². The van der Waals surface area contributed by atoms with Crippen molar-refractivity contribution in [1.82, 2.24) is 0 Å². The summed E-state index contributed by atoms with van der Waals surface area (Å²) in [5.41, 5.74) is 0.763. The largest absolute Gasteiger partial charge is 1.00 e. The molecule has 1 unspecified atom stereocenters.